The van der Waals surface area contributed by atoms with E-state index in [9.17, 15) is 18.0 Å². The molecule has 0 saturated heterocycles. The van der Waals surface area contributed by atoms with Gasteiger partial charge in [0.25, 0.3) is 0 Å². The van der Waals surface area contributed by atoms with E-state index >= 15 is 0 Å². The van der Waals surface area contributed by atoms with Crippen molar-refractivity contribution in [3.8, 4) is 0 Å². The van der Waals surface area contributed by atoms with E-state index in [1.54, 1.807) is 24.3 Å². The Morgan fingerprint density at radius 2 is 1.62 bits per heavy atom. The van der Waals surface area contributed by atoms with E-state index in [1.165, 1.54) is 4.90 Å². The zero-order chi connectivity index (χ0) is 28.4. The SMILES string of the molecule is CCCCNC(=O)[C@@H](Cc1ccccc1)N(Cc1cccc(C)c1)C(=O)CN(c1ccc(Cl)cc1)S(C)(=O)=O. The second-order valence-electron chi connectivity index (χ2n) is 9.61. The molecule has 0 radical (unpaired) electrons. The quantitative estimate of drug-likeness (QED) is 0.294. The highest BCUT2D eigenvalue weighted by Crippen LogP contribution is 2.22. The Hall–Kier alpha value is -3.36. The number of rotatable bonds is 13. The number of anilines is 1. The van der Waals surface area contributed by atoms with E-state index < -0.39 is 28.5 Å². The Morgan fingerprint density at radius 3 is 2.23 bits per heavy atom. The minimum atomic E-state index is -3.82. The third kappa shape index (κ3) is 9.11. The number of halogens is 1. The van der Waals surface area contributed by atoms with Crippen molar-refractivity contribution in [3.63, 3.8) is 0 Å². The molecule has 3 aromatic carbocycles. The number of carbonyl (C=O) groups excluding carboxylic acids is 2. The molecule has 0 aliphatic rings. The maximum absolute atomic E-state index is 14.0. The summed E-state index contributed by atoms with van der Waals surface area (Å²) >= 11 is 6.01. The third-order valence-electron chi connectivity index (χ3n) is 6.33. The van der Waals surface area contributed by atoms with Crippen molar-refractivity contribution in [2.75, 3.05) is 23.7 Å². The van der Waals surface area contributed by atoms with Crippen LogP contribution in [-0.4, -0.2) is 50.5 Å². The van der Waals surface area contributed by atoms with Crippen molar-refractivity contribution in [1.82, 2.24) is 10.2 Å². The van der Waals surface area contributed by atoms with E-state index in [1.807, 2.05) is 68.4 Å². The summed E-state index contributed by atoms with van der Waals surface area (Å²) in [5, 5.41) is 3.43. The van der Waals surface area contributed by atoms with E-state index in [0.717, 1.165) is 40.1 Å². The summed E-state index contributed by atoms with van der Waals surface area (Å²) in [5.74, 6) is -0.755. The van der Waals surface area contributed by atoms with Crippen LogP contribution < -0.4 is 9.62 Å². The number of unbranched alkanes of at least 4 members (excludes halogenated alkanes) is 1. The van der Waals surface area contributed by atoms with Crippen molar-refractivity contribution in [2.24, 2.45) is 0 Å². The van der Waals surface area contributed by atoms with Gasteiger partial charge in [-0.15, -0.1) is 0 Å². The molecule has 0 spiro atoms. The fraction of sp³-hybridized carbons (Fsp3) is 0.333. The van der Waals surface area contributed by atoms with Crippen LogP contribution in [0, 0.1) is 6.92 Å². The predicted octanol–water partition coefficient (Wildman–Crippen LogP) is 4.97. The summed E-state index contributed by atoms with van der Waals surface area (Å²) in [6.45, 7) is 4.18. The number of carbonyl (C=O) groups is 2. The molecule has 0 saturated carbocycles. The molecule has 0 heterocycles. The van der Waals surface area contributed by atoms with Crippen LogP contribution in [0.4, 0.5) is 5.69 Å². The summed E-state index contributed by atoms with van der Waals surface area (Å²) < 4.78 is 26.6. The lowest BCUT2D eigenvalue weighted by Crippen LogP contribution is -2.53. The standard InChI is InChI=1S/C30H36ClN3O4S/c1-4-5-18-32-30(36)28(20-24-11-7-6-8-12-24)33(21-25-13-9-10-23(2)19-25)29(35)22-34(39(3,37)38)27-16-14-26(31)15-17-27/h6-17,19,28H,4-5,18,20-22H2,1-3H3,(H,32,36)/t28-/m1/s1. The molecule has 3 aromatic rings. The van der Waals surface area contributed by atoms with Gasteiger partial charge in [-0.05, 0) is 48.7 Å². The first-order chi connectivity index (χ1) is 18.6. The molecule has 208 valence electrons. The summed E-state index contributed by atoms with van der Waals surface area (Å²) in [6, 6.07) is 22.6. The van der Waals surface area contributed by atoms with Gasteiger partial charge in [-0.1, -0.05) is 85.1 Å². The van der Waals surface area contributed by atoms with E-state index in [2.05, 4.69) is 5.32 Å². The number of hydrogen-bond donors (Lipinski definition) is 1. The molecule has 3 rings (SSSR count). The van der Waals surface area contributed by atoms with E-state index in [0.29, 0.717) is 17.3 Å². The Kier molecular flexibility index (Phi) is 10.9. The highest BCUT2D eigenvalue weighted by molar-refractivity contribution is 7.92. The molecule has 0 bridgehead atoms. The van der Waals surface area contributed by atoms with Crippen molar-refractivity contribution >= 4 is 39.1 Å². The largest absolute Gasteiger partial charge is 0.354 e. The molecule has 7 nitrogen and oxygen atoms in total. The lowest BCUT2D eigenvalue weighted by molar-refractivity contribution is -0.140. The number of aryl methyl sites for hydroxylation is 1. The van der Waals surface area contributed by atoms with Crippen molar-refractivity contribution in [3.05, 3.63) is 101 Å². The van der Waals surface area contributed by atoms with Gasteiger partial charge in [-0.2, -0.15) is 0 Å². The Labute approximate surface area is 236 Å². The van der Waals surface area contributed by atoms with Crippen LogP contribution >= 0.6 is 11.6 Å². The van der Waals surface area contributed by atoms with Gasteiger partial charge in [0.05, 0.1) is 11.9 Å². The first-order valence-electron chi connectivity index (χ1n) is 13.0. The Balaban J connectivity index is 2.02. The van der Waals surface area contributed by atoms with Crippen molar-refractivity contribution in [1.29, 1.82) is 0 Å². The first kappa shape index (κ1) is 30.2. The molecule has 0 aromatic heterocycles. The summed E-state index contributed by atoms with van der Waals surface area (Å²) in [4.78, 5) is 29.1. The number of hydrogen-bond acceptors (Lipinski definition) is 4. The van der Waals surface area contributed by atoms with Crippen LogP contribution in [0.15, 0.2) is 78.9 Å². The van der Waals surface area contributed by atoms with Gasteiger partial charge in [0.1, 0.15) is 12.6 Å². The molecule has 0 unspecified atom stereocenters. The van der Waals surface area contributed by atoms with Crippen LogP contribution in [-0.2, 0) is 32.6 Å². The van der Waals surface area contributed by atoms with Crippen molar-refractivity contribution in [2.45, 2.75) is 45.7 Å². The highest BCUT2D eigenvalue weighted by atomic mass is 35.5. The van der Waals surface area contributed by atoms with Crippen LogP contribution in [0.1, 0.15) is 36.5 Å². The molecular weight excluding hydrogens is 534 g/mol. The van der Waals surface area contributed by atoms with Gasteiger partial charge in [-0.3, -0.25) is 13.9 Å². The minimum Gasteiger partial charge on any atom is -0.354 e. The Bertz CT molecular complexity index is 1350. The minimum absolute atomic E-state index is 0.150. The van der Waals surface area contributed by atoms with Gasteiger partial charge in [0.2, 0.25) is 21.8 Å². The summed E-state index contributed by atoms with van der Waals surface area (Å²) in [6.07, 6.45) is 3.07. The van der Waals surface area contributed by atoms with Gasteiger partial charge < -0.3 is 10.2 Å². The molecule has 0 aliphatic heterocycles. The first-order valence-corrected chi connectivity index (χ1v) is 15.2. The molecular formula is C30H36ClN3O4S. The molecule has 0 aliphatic carbocycles. The zero-order valence-corrected chi connectivity index (χ0v) is 24.2. The molecule has 39 heavy (non-hydrogen) atoms. The zero-order valence-electron chi connectivity index (χ0n) is 22.6. The number of benzene rings is 3. The van der Waals surface area contributed by atoms with Gasteiger partial charge in [-0.25, -0.2) is 8.42 Å². The predicted molar refractivity (Wildman–Crippen MR) is 157 cm³/mol. The second-order valence-corrected chi connectivity index (χ2v) is 12.0. The lowest BCUT2D eigenvalue weighted by atomic mass is 10.0. The van der Waals surface area contributed by atoms with Crippen LogP contribution in [0.3, 0.4) is 0 Å². The molecule has 2 amide bonds. The number of nitrogens with one attached hydrogen (secondary N) is 1. The molecule has 1 N–H and O–H groups in total. The summed E-state index contributed by atoms with van der Waals surface area (Å²) in [5.41, 5.74) is 3.08. The molecule has 0 fully saturated rings. The van der Waals surface area contributed by atoms with E-state index in [-0.39, 0.29) is 18.9 Å². The topological polar surface area (TPSA) is 86.8 Å². The average Bonchev–Trinajstić information content (AvgIpc) is 2.90. The van der Waals surface area contributed by atoms with Crippen LogP contribution in [0.25, 0.3) is 0 Å². The third-order valence-corrected chi connectivity index (χ3v) is 7.72. The summed E-state index contributed by atoms with van der Waals surface area (Å²) in [7, 11) is -3.82. The van der Waals surface area contributed by atoms with Gasteiger partial charge in [0.15, 0.2) is 0 Å². The fourth-order valence-corrected chi connectivity index (χ4v) is 5.26. The lowest BCUT2D eigenvalue weighted by Gasteiger charge is -2.33. The fourth-order valence-electron chi connectivity index (χ4n) is 4.29. The molecule has 9 heteroatoms. The Morgan fingerprint density at radius 1 is 0.949 bits per heavy atom. The second kappa shape index (κ2) is 14.1. The number of sulfonamides is 1. The highest BCUT2D eigenvalue weighted by Gasteiger charge is 2.33. The normalized spacial score (nSPS) is 12.0. The van der Waals surface area contributed by atoms with Crippen LogP contribution in [0.2, 0.25) is 5.02 Å². The number of amides is 2. The monoisotopic (exact) mass is 569 g/mol. The maximum atomic E-state index is 14.0. The maximum Gasteiger partial charge on any atom is 0.244 e. The smallest absolute Gasteiger partial charge is 0.244 e. The molecule has 1 atom stereocenters. The van der Waals surface area contributed by atoms with Crippen LogP contribution in [0.5, 0.6) is 0 Å². The van der Waals surface area contributed by atoms with Gasteiger partial charge >= 0.3 is 0 Å². The van der Waals surface area contributed by atoms with Crippen molar-refractivity contribution < 1.29 is 18.0 Å². The van der Waals surface area contributed by atoms with Gasteiger partial charge in [0, 0.05) is 24.5 Å². The van der Waals surface area contributed by atoms with E-state index in [4.69, 9.17) is 11.6 Å². The average molecular weight is 570 g/mol. The number of nitrogens with zero attached hydrogens (tertiary/aromatic N) is 2.